The van der Waals surface area contributed by atoms with Gasteiger partial charge in [-0.25, -0.2) is 0 Å². The SMILES string of the molecule is COCC(CCBr)NC(=O)c1ccc(I)c(O)c1. The zero-order valence-electron chi connectivity index (χ0n) is 9.95. The highest BCUT2D eigenvalue weighted by molar-refractivity contribution is 14.1. The Morgan fingerprint density at radius 1 is 1.61 bits per heavy atom. The highest BCUT2D eigenvalue weighted by Crippen LogP contribution is 2.20. The molecule has 0 aromatic heterocycles. The summed E-state index contributed by atoms with van der Waals surface area (Å²) in [5, 5.41) is 13.2. The minimum Gasteiger partial charge on any atom is -0.507 e. The lowest BCUT2D eigenvalue weighted by atomic mass is 10.1. The quantitative estimate of drug-likeness (QED) is 0.541. The van der Waals surface area contributed by atoms with Gasteiger partial charge in [0.15, 0.2) is 0 Å². The standard InChI is InChI=1S/C12H15BrINO3/c1-18-7-9(4-5-13)15-12(17)8-2-3-10(14)11(16)6-8/h2-3,6,9,16H,4-5,7H2,1H3,(H,15,17). The maximum absolute atomic E-state index is 12.0. The van der Waals surface area contributed by atoms with E-state index in [1.54, 1.807) is 19.2 Å². The van der Waals surface area contributed by atoms with Gasteiger partial charge >= 0.3 is 0 Å². The molecule has 0 spiro atoms. The zero-order valence-corrected chi connectivity index (χ0v) is 13.7. The number of hydrogen-bond donors (Lipinski definition) is 2. The van der Waals surface area contributed by atoms with Crippen molar-refractivity contribution in [3.63, 3.8) is 0 Å². The first-order chi connectivity index (χ1) is 8.58. The van der Waals surface area contributed by atoms with Crippen LogP contribution in [-0.4, -0.2) is 36.1 Å². The molecule has 1 aromatic rings. The fourth-order valence-corrected chi connectivity index (χ4v) is 2.34. The van der Waals surface area contributed by atoms with Crippen molar-refractivity contribution in [2.24, 2.45) is 0 Å². The molecule has 100 valence electrons. The molecule has 0 aliphatic heterocycles. The number of benzene rings is 1. The van der Waals surface area contributed by atoms with Crippen molar-refractivity contribution in [1.29, 1.82) is 0 Å². The van der Waals surface area contributed by atoms with Gasteiger partial charge in [0.1, 0.15) is 5.75 Å². The van der Waals surface area contributed by atoms with Crippen molar-refractivity contribution in [1.82, 2.24) is 5.32 Å². The van der Waals surface area contributed by atoms with E-state index in [2.05, 4.69) is 21.2 Å². The van der Waals surface area contributed by atoms with Gasteiger partial charge in [-0.2, -0.15) is 0 Å². The minimum absolute atomic E-state index is 0.0386. The van der Waals surface area contributed by atoms with Crippen molar-refractivity contribution in [3.05, 3.63) is 27.3 Å². The number of halogens is 2. The highest BCUT2D eigenvalue weighted by Gasteiger charge is 2.14. The molecule has 1 aromatic carbocycles. The van der Waals surface area contributed by atoms with Gasteiger partial charge in [0.05, 0.1) is 16.2 Å². The number of amides is 1. The maximum atomic E-state index is 12.0. The number of rotatable bonds is 6. The number of phenols is 1. The predicted octanol–water partition coefficient (Wildman–Crippen LogP) is 2.53. The molecule has 0 radical (unpaired) electrons. The third-order valence-corrected chi connectivity index (χ3v) is 3.74. The Morgan fingerprint density at radius 3 is 2.89 bits per heavy atom. The maximum Gasteiger partial charge on any atom is 0.251 e. The molecule has 1 atom stereocenters. The molecule has 1 unspecified atom stereocenters. The third-order valence-electron chi connectivity index (χ3n) is 2.37. The Kier molecular flexibility index (Phi) is 6.95. The first-order valence-electron chi connectivity index (χ1n) is 5.42. The van der Waals surface area contributed by atoms with Gasteiger partial charge in [-0.3, -0.25) is 4.79 Å². The van der Waals surface area contributed by atoms with E-state index in [4.69, 9.17) is 4.74 Å². The molecule has 1 rings (SSSR count). The Labute approximate surface area is 128 Å². The van der Waals surface area contributed by atoms with Gasteiger partial charge in [0.2, 0.25) is 0 Å². The summed E-state index contributed by atoms with van der Waals surface area (Å²) in [7, 11) is 1.60. The van der Waals surface area contributed by atoms with E-state index in [1.165, 1.54) is 6.07 Å². The van der Waals surface area contributed by atoms with Gasteiger partial charge in [-0.05, 0) is 47.2 Å². The first kappa shape index (κ1) is 15.7. The van der Waals surface area contributed by atoms with Crippen molar-refractivity contribution >= 4 is 44.4 Å². The summed E-state index contributed by atoms with van der Waals surface area (Å²) in [5.41, 5.74) is 0.448. The highest BCUT2D eigenvalue weighted by atomic mass is 127. The summed E-state index contributed by atoms with van der Waals surface area (Å²) in [4.78, 5) is 12.0. The molecule has 0 bridgehead atoms. The summed E-state index contributed by atoms with van der Waals surface area (Å²) in [6.07, 6.45) is 0.788. The van der Waals surface area contributed by atoms with E-state index in [1.807, 2.05) is 22.6 Å². The molecule has 0 fully saturated rings. The fraction of sp³-hybridized carbons (Fsp3) is 0.417. The molecule has 0 heterocycles. The number of alkyl halides is 1. The van der Waals surface area contributed by atoms with Crippen LogP contribution in [0, 0.1) is 3.57 Å². The molecule has 0 aliphatic carbocycles. The number of ether oxygens (including phenoxy) is 1. The molecular formula is C12H15BrINO3. The summed E-state index contributed by atoms with van der Waals surface area (Å²) < 4.78 is 5.77. The number of phenolic OH excluding ortho intramolecular Hbond substituents is 1. The molecular weight excluding hydrogens is 413 g/mol. The van der Waals surface area contributed by atoms with Crippen LogP contribution in [0.1, 0.15) is 16.8 Å². The third kappa shape index (κ3) is 4.74. The van der Waals surface area contributed by atoms with E-state index >= 15 is 0 Å². The topological polar surface area (TPSA) is 58.6 Å². The summed E-state index contributed by atoms with van der Waals surface area (Å²) in [6.45, 7) is 0.466. The van der Waals surface area contributed by atoms with Crippen LogP contribution in [0.4, 0.5) is 0 Å². The number of nitrogens with one attached hydrogen (secondary N) is 1. The minimum atomic E-state index is -0.204. The molecule has 0 saturated carbocycles. The van der Waals surface area contributed by atoms with Gasteiger partial charge < -0.3 is 15.2 Å². The zero-order chi connectivity index (χ0) is 13.5. The van der Waals surface area contributed by atoms with E-state index in [-0.39, 0.29) is 17.7 Å². The average Bonchev–Trinajstić information content (AvgIpc) is 2.33. The van der Waals surface area contributed by atoms with Crippen LogP contribution in [0.25, 0.3) is 0 Å². The second kappa shape index (κ2) is 7.96. The van der Waals surface area contributed by atoms with Crippen LogP contribution in [-0.2, 0) is 4.74 Å². The Hall–Kier alpha value is -0.340. The van der Waals surface area contributed by atoms with Gasteiger partial charge in [0, 0.05) is 18.0 Å². The first-order valence-corrected chi connectivity index (χ1v) is 7.62. The average molecular weight is 428 g/mol. The van der Waals surface area contributed by atoms with Crippen LogP contribution in [0.3, 0.4) is 0 Å². The van der Waals surface area contributed by atoms with Crippen LogP contribution in [0.2, 0.25) is 0 Å². The number of carbonyl (C=O) groups excluding carboxylic acids is 1. The summed E-state index contributed by atoms with van der Waals surface area (Å²) in [5.74, 6) is -0.0864. The lowest BCUT2D eigenvalue weighted by molar-refractivity contribution is 0.0895. The molecule has 1 amide bonds. The normalized spacial score (nSPS) is 12.2. The van der Waals surface area contributed by atoms with Crippen molar-refractivity contribution < 1.29 is 14.6 Å². The van der Waals surface area contributed by atoms with E-state index in [9.17, 15) is 9.90 Å². The molecule has 0 saturated heterocycles. The second-order valence-electron chi connectivity index (χ2n) is 3.77. The molecule has 18 heavy (non-hydrogen) atoms. The van der Waals surface area contributed by atoms with Crippen molar-refractivity contribution in [2.45, 2.75) is 12.5 Å². The van der Waals surface area contributed by atoms with Crippen LogP contribution in [0.5, 0.6) is 5.75 Å². The molecule has 2 N–H and O–H groups in total. The second-order valence-corrected chi connectivity index (χ2v) is 5.72. The fourth-order valence-electron chi connectivity index (χ4n) is 1.45. The number of hydrogen-bond acceptors (Lipinski definition) is 3. The number of carbonyl (C=O) groups is 1. The Balaban J connectivity index is 2.70. The van der Waals surface area contributed by atoms with Crippen molar-refractivity contribution in [2.75, 3.05) is 19.0 Å². The lowest BCUT2D eigenvalue weighted by Crippen LogP contribution is -2.38. The van der Waals surface area contributed by atoms with E-state index in [0.29, 0.717) is 12.2 Å². The molecule has 4 nitrogen and oxygen atoms in total. The monoisotopic (exact) mass is 427 g/mol. The molecule has 6 heteroatoms. The summed E-state index contributed by atoms with van der Waals surface area (Å²) in [6, 6.07) is 4.83. The Morgan fingerprint density at radius 2 is 2.33 bits per heavy atom. The van der Waals surface area contributed by atoms with E-state index in [0.717, 1.165) is 15.3 Å². The largest absolute Gasteiger partial charge is 0.507 e. The van der Waals surface area contributed by atoms with Crippen molar-refractivity contribution in [3.8, 4) is 5.75 Å². The lowest BCUT2D eigenvalue weighted by Gasteiger charge is -2.17. The van der Waals surface area contributed by atoms with Gasteiger partial charge in [0.25, 0.3) is 5.91 Å². The predicted molar refractivity (Wildman–Crippen MR) is 82.4 cm³/mol. The van der Waals surface area contributed by atoms with Gasteiger partial charge in [-0.1, -0.05) is 15.9 Å². The number of methoxy groups -OCH3 is 1. The van der Waals surface area contributed by atoms with Gasteiger partial charge in [-0.15, -0.1) is 0 Å². The van der Waals surface area contributed by atoms with Crippen LogP contribution >= 0.6 is 38.5 Å². The smallest absolute Gasteiger partial charge is 0.251 e. The van der Waals surface area contributed by atoms with E-state index < -0.39 is 0 Å². The number of aromatic hydroxyl groups is 1. The van der Waals surface area contributed by atoms with Crippen LogP contribution < -0.4 is 5.32 Å². The van der Waals surface area contributed by atoms with Crippen LogP contribution in [0.15, 0.2) is 18.2 Å². The summed E-state index contributed by atoms with van der Waals surface area (Å²) >= 11 is 5.35. The Bertz CT molecular complexity index is 408. The molecule has 0 aliphatic rings.